The number of halogens is 1. The first-order valence-corrected chi connectivity index (χ1v) is 7.73. The van der Waals surface area contributed by atoms with Gasteiger partial charge in [0, 0.05) is 12.6 Å². The van der Waals surface area contributed by atoms with Crippen molar-refractivity contribution in [3.05, 3.63) is 22.7 Å². The van der Waals surface area contributed by atoms with E-state index in [1.807, 2.05) is 19.1 Å². The van der Waals surface area contributed by atoms with Crippen molar-refractivity contribution in [2.75, 3.05) is 20.8 Å². The molecule has 1 aromatic carbocycles. The van der Waals surface area contributed by atoms with Crippen LogP contribution in [0.5, 0.6) is 11.5 Å². The van der Waals surface area contributed by atoms with Crippen molar-refractivity contribution in [3.8, 4) is 11.5 Å². The van der Waals surface area contributed by atoms with E-state index in [4.69, 9.17) is 21.1 Å². The smallest absolute Gasteiger partial charge is 0.308 e. The number of methoxy groups -OCH3 is 2. The minimum Gasteiger partial charge on any atom is -0.493 e. The van der Waals surface area contributed by atoms with Crippen molar-refractivity contribution in [2.45, 2.75) is 32.4 Å². The molecule has 0 aliphatic carbocycles. The quantitative estimate of drug-likeness (QED) is 0.900. The first-order valence-electron chi connectivity index (χ1n) is 7.35. The van der Waals surface area contributed by atoms with Gasteiger partial charge in [-0.25, -0.2) is 0 Å². The summed E-state index contributed by atoms with van der Waals surface area (Å²) in [6.07, 6.45) is 1.63. The minimum atomic E-state index is -0.720. The first-order chi connectivity index (χ1) is 10.5. The van der Waals surface area contributed by atoms with Crippen LogP contribution in [0.25, 0.3) is 0 Å². The molecule has 0 amide bonds. The fraction of sp³-hybridized carbons (Fsp3) is 0.562. The van der Waals surface area contributed by atoms with Gasteiger partial charge >= 0.3 is 5.97 Å². The van der Waals surface area contributed by atoms with Gasteiger partial charge in [-0.3, -0.25) is 9.69 Å². The van der Waals surface area contributed by atoms with Gasteiger partial charge in [-0.05, 0) is 44.0 Å². The van der Waals surface area contributed by atoms with Crippen molar-refractivity contribution >= 4 is 17.6 Å². The Balaban J connectivity index is 2.19. The van der Waals surface area contributed by atoms with Crippen molar-refractivity contribution < 1.29 is 19.4 Å². The maximum atomic E-state index is 11.3. The Morgan fingerprint density at radius 3 is 2.73 bits per heavy atom. The lowest BCUT2D eigenvalue weighted by Gasteiger charge is -2.37. The number of carboxylic acids is 1. The highest BCUT2D eigenvalue weighted by molar-refractivity contribution is 6.32. The Labute approximate surface area is 135 Å². The Kier molecular flexibility index (Phi) is 5.53. The third-order valence-electron chi connectivity index (χ3n) is 4.31. The molecule has 122 valence electrons. The average molecular weight is 328 g/mol. The molecular weight excluding hydrogens is 306 g/mol. The summed E-state index contributed by atoms with van der Waals surface area (Å²) in [4.78, 5) is 13.5. The number of piperidine rings is 1. The zero-order valence-electron chi connectivity index (χ0n) is 13.1. The fourth-order valence-electron chi connectivity index (χ4n) is 3.06. The maximum Gasteiger partial charge on any atom is 0.308 e. The lowest BCUT2D eigenvalue weighted by Crippen LogP contribution is -2.45. The molecule has 1 aliphatic heterocycles. The van der Waals surface area contributed by atoms with E-state index in [0.717, 1.165) is 24.9 Å². The number of hydrogen-bond acceptors (Lipinski definition) is 4. The van der Waals surface area contributed by atoms with Crippen LogP contribution in [0.2, 0.25) is 5.02 Å². The van der Waals surface area contributed by atoms with Gasteiger partial charge in [0.2, 0.25) is 0 Å². The summed E-state index contributed by atoms with van der Waals surface area (Å²) < 4.78 is 10.5. The molecule has 0 radical (unpaired) electrons. The summed E-state index contributed by atoms with van der Waals surface area (Å²) in [7, 11) is 3.12. The second kappa shape index (κ2) is 7.20. The molecule has 1 fully saturated rings. The molecule has 2 atom stereocenters. The molecule has 0 spiro atoms. The largest absolute Gasteiger partial charge is 0.493 e. The van der Waals surface area contributed by atoms with Crippen LogP contribution in [0, 0.1) is 5.92 Å². The van der Waals surface area contributed by atoms with Crippen LogP contribution >= 0.6 is 11.6 Å². The minimum absolute atomic E-state index is 0.00174. The second-order valence-corrected chi connectivity index (χ2v) is 6.02. The number of carbonyl (C=O) groups is 1. The molecule has 2 rings (SSSR count). The summed E-state index contributed by atoms with van der Waals surface area (Å²) in [6, 6.07) is 3.74. The van der Waals surface area contributed by atoms with Crippen LogP contribution in [0.4, 0.5) is 0 Å². The van der Waals surface area contributed by atoms with Gasteiger partial charge < -0.3 is 14.6 Å². The summed E-state index contributed by atoms with van der Waals surface area (Å²) in [5, 5.41) is 9.80. The van der Waals surface area contributed by atoms with Gasteiger partial charge in [-0.15, -0.1) is 0 Å². The number of likely N-dealkylation sites (tertiary alicyclic amines) is 1. The highest BCUT2D eigenvalue weighted by Gasteiger charge is 2.32. The third kappa shape index (κ3) is 3.47. The number of carboxylic acid groups (broad SMARTS) is 1. The molecule has 1 saturated heterocycles. The van der Waals surface area contributed by atoms with Gasteiger partial charge in [0.1, 0.15) is 0 Å². The Morgan fingerprint density at radius 1 is 1.41 bits per heavy atom. The number of hydrogen-bond donors (Lipinski definition) is 1. The molecule has 0 bridgehead atoms. The van der Waals surface area contributed by atoms with E-state index in [1.54, 1.807) is 14.2 Å². The zero-order chi connectivity index (χ0) is 16.3. The molecule has 0 unspecified atom stereocenters. The summed E-state index contributed by atoms with van der Waals surface area (Å²) in [5.74, 6) is 0.0689. The number of rotatable bonds is 5. The fourth-order valence-corrected chi connectivity index (χ4v) is 3.37. The predicted octanol–water partition coefficient (Wildman–Crippen LogP) is 3.04. The lowest BCUT2D eigenvalue weighted by molar-refractivity contribution is -0.145. The molecule has 1 heterocycles. The van der Waals surface area contributed by atoms with E-state index in [0.29, 0.717) is 23.1 Å². The third-order valence-corrected chi connectivity index (χ3v) is 4.60. The van der Waals surface area contributed by atoms with E-state index in [9.17, 15) is 9.90 Å². The number of nitrogens with zero attached hydrogens (tertiary/aromatic N) is 1. The van der Waals surface area contributed by atoms with E-state index in [-0.39, 0.29) is 12.0 Å². The van der Waals surface area contributed by atoms with E-state index < -0.39 is 5.97 Å². The Hall–Kier alpha value is -1.46. The average Bonchev–Trinajstić information content (AvgIpc) is 2.48. The topological polar surface area (TPSA) is 59.0 Å². The van der Waals surface area contributed by atoms with E-state index in [2.05, 4.69) is 4.90 Å². The predicted molar refractivity (Wildman–Crippen MR) is 84.8 cm³/mol. The van der Waals surface area contributed by atoms with Crippen LogP contribution in [0.3, 0.4) is 0 Å². The van der Waals surface area contributed by atoms with Crippen molar-refractivity contribution in [3.63, 3.8) is 0 Å². The van der Waals surface area contributed by atoms with Crippen molar-refractivity contribution in [1.82, 2.24) is 4.90 Å². The summed E-state index contributed by atoms with van der Waals surface area (Å²) in [6.45, 7) is 3.50. The number of benzene rings is 1. The van der Waals surface area contributed by atoms with E-state index in [1.165, 1.54) is 0 Å². The standard InChI is InChI=1S/C16H22ClNO4/c1-10-12(16(19)20)5-4-6-18(10)9-11-7-13(17)15(22-3)14(8-11)21-2/h7-8,10,12H,4-6,9H2,1-3H3,(H,19,20)/t10-,12-/m0/s1. The molecular formula is C16H22ClNO4. The van der Waals surface area contributed by atoms with Crippen LogP contribution in [0.1, 0.15) is 25.3 Å². The van der Waals surface area contributed by atoms with Gasteiger partial charge in [0.05, 0.1) is 25.2 Å². The van der Waals surface area contributed by atoms with Crippen molar-refractivity contribution in [1.29, 1.82) is 0 Å². The SMILES string of the molecule is COc1cc(CN2CCC[C@H](C(=O)O)[C@@H]2C)cc(Cl)c1OC. The number of ether oxygens (including phenoxy) is 2. The Bertz CT molecular complexity index is 549. The summed E-state index contributed by atoms with van der Waals surface area (Å²) in [5.41, 5.74) is 0.987. The molecule has 1 N–H and O–H groups in total. The summed E-state index contributed by atoms with van der Waals surface area (Å²) >= 11 is 6.23. The maximum absolute atomic E-state index is 11.3. The normalized spacial score (nSPS) is 22.4. The van der Waals surface area contributed by atoms with E-state index >= 15 is 0 Å². The molecule has 5 nitrogen and oxygen atoms in total. The van der Waals surface area contributed by atoms with Crippen LogP contribution in [0.15, 0.2) is 12.1 Å². The van der Waals surface area contributed by atoms with Gasteiger partial charge in [0.25, 0.3) is 0 Å². The molecule has 0 saturated carbocycles. The molecule has 6 heteroatoms. The Morgan fingerprint density at radius 2 is 2.14 bits per heavy atom. The highest BCUT2D eigenvalue weighted by atomic mass is 35.5. The second-order valence-electron chi connectivity index (χ2n) is 5.61. The number of aliphatic carboxylic acids is 1. The van der Waals surface area contributed by atoms with Crippen molar-refractivity contribution in [2.24, 2.45) is 5.92 Å². The van der Waals surface area contributed by atoms with Gasteiger partial charge in [0.15, 0.2) is 11.5 Å². The van der Waals surface area contributed by atoms with Gasteiger partial charge in [-0.2, -0.15) is 0 Å². The van der Waals surface area contributed by atoms with Gasteiger partial charge in [-0.1, -0.05) is 11.6 Å². The van der Waals surface area contributed by atoms with Crippen LogP contribution in [-0.4, -0.2) is 42.8 Å². The molecule has 0 aromatic heterocycles. The first kappa shape index (κ1) is 16.9. The molecule has 1 aliphatic rings. The highest BCUT2D eigenvalue weighted by Crippen LogP contribution is 2.37. The van der Waals surface area contributed by atoms with Crippen LogP contribution < -0.4 is 9.47 Å². The zero-order valence-corrected chi connectivity index (χ0v) is 13.9. The monoisotopic (exact) mass is 327 g/mol. The molecule has 22 heavy (non-hydrogen) atoms. The molecule has 1 aromatic rings. The lowest BCUT2D eigenvalue weighted by atomic mass is 9.90. The van der Waals surface area contributed by atoms with Crippen LogP contribution in [-0.2, 0) is 11.3 Å².